The molecule has 2 amide bonds. The number of rotatable bonds is 8. The number of hydrogen-bond acceptors (Lipinski definition) is 10. The number of aromatic nitrogens is 5. The zero-order chi connectivity index (χ0) is 35.9. The van der Waals surface area contributed by atoms with Crippen LogP contribution in [0.2, 0.25) is 5.02 Å². The predicted octanol–water partition coefficient (Wildman–Crippen LogP) is 4.92. The third kappa shape index (κ3) is 6.63. The van der Waals surface area contributed by atoms with Crippen LogP contribution in [0.25, 0.3) is 11.2 Å². The summed E-state index contributed by atoms with van der Waals surface area (Å²) in [5, 5.41) is 12.7. The Balaban J connectivity index is 1.36. The number of carbonyl (C=O) groups is 2. The molecule has 1 aromatic carbocycles. The van der Waals surface area contributed by atoms with Crippen molar-refractivity contribution in [1.82, 2.24) is 29.4 Å². The second-order valence-corrected chi connectivity index (χ2v) is 12.6. The summed E-state index contributed by atoms with van der Waals surface area (Å²) in [7, 11) is 0. The molecular weight excluding hydrogens is 681 g/mol. The lowest BCUT2D eigenvalue weighted by atomic mass is 9.96. The zero-order valence-corrected chi connectivity index (χ0v) is 28.2. The highest BCUT2D eigenvalue weighted by Gasteiger charge is 2.33. The first-order valence-corrected chi connectivity index (χ1v) is 16.5. The molecule has 0 radical (unpaired) electrons. The largest absolute Gasteiger partial charge is 0.504 e. The fourth-order valence-corrected chi connectivity index (χ4v) is 6.26. The number of benzene rings is 1. The number of pyridine rings is 1. The molecule has 13 nitrogen and oxygen atoms in total. The third-order valence-electron chi connectivity index (χ3n) is 9.04. The fraction of sp³-hybridized carbons (Fsp3) is 0.424. The molecule has 1 aliphatic heterocycles. The molecule has 0 bridgehead atoms. The summed E-state index contributed by atoms with van der Waals surface area (Å²) >= 11 is 6.14. The number of fused-ring (bicyclic) bond motifs is 1. The Kier molecular flexibility index (Phi) is 9.57. The lowest BCUT2D eigenvalue weighted by Crippen LogP contribution is -2.50. The zero-order valence-electron chi connectivity index (χ0n) is 27.4. The summed E-state index contributed by atoms with van der Waals surface area (Å²) in [5.74, 6) is -1.22. The van der Waals surface area contributed by atoms with E-state index in [0.717, 1.165) is 37.5 Å². The van der Waals surface area contributed by atoms with Gasteiger partial charge in [-0.3, -0.25) is 14.4 Å². The monoisotopic (exact) mass is 714 g/mol. The molecule has 2 aliphatic rings. The van der Waals surface area contributed by atoms with Crippen molar-refractivity contribution in [3.05, 3.63) is 68.6 Å². The molecule has 6 rings (SSSR count). The van der Waals surface area contributed by atoms with Crippen molar-refractivity contribution in [2.24, 2.45) is 0 Å². The molecule has 1 saturated heterocycles. The number of aryl methyl sites for hydroxylation is 1. The van der Waals surface area contributed by atoms with Gasteiger partial charge in [0.1, 0.15) is 24.2 Å². The second kappa shape index (κ2) is 13.7. The van der Waals surface area contributed by atoms with E-state index in [9.17, 15) is 32.7 Å². The van der Waals surface area contributed by atoms with E-state index in [0.29, 0.717) is 5.69 Å². The Morgan fingerprint density at radius 1 is 1.14 bits per heavy atom. The first kappa shape index (κ1) is 34.9. The smallest absolute Gasteiger partial charge is 0.416 e. The lowest BCUT2D eigenvalue weighted by Gasteiger charge is -2.37. The van der Waals surface area contributed by atoms with Crippen LogP contribution in [0.15, 0.2) is 35.5 Å². The number of hydrogen-bond donors (Lipinski definition) is 2. The van der Waals surface area contributed by atoms with Crippen LogP contribution in [0.3, 0.4) is 0 Å². The molecule has 4 aromatic rings. The first-order valence-electron chi connectivity index (χ1n) is 16.1. The van der Waals surface area contributed by atoms with Crippen LogP contribution in [-0.2, 0) is 17.4 Å². The highest BCUT2D eigenvalue weighted by atomic mass is 35.5. The van der Waals surface area contributed by atoms with Gasteiger partial charge in [-0.05, 0) is 57.7 Å². The number of ether oxygens (including phenoxy) is 1. The van der Waals surface area contributed by atoms with Gasteiger partial charge in [-0.15, -0.1) is 0 Å². The van der Waals surface area contributed by atoms with Crippen molar-refractivity contribution in [1.29, 1.82) is 0 Å². The van der Waals surface area contributed by atoms with Crippen LogP contribution in [0.5, 0.6) is 11.6 Å². The molecule has 50 heavy (non-hydrogen) atoms. The van der Waals surface area contributed by atoms with Crippen molar-refractivity contribution in [3.8, 4) is 11.6 Å². The van der Waals surface area contributed by atoms with Gasteiger partial charge < -0.3 is 29.5 Å². The van der Waals surface area contributed by atoms with Gasteiger partial charge in [0, 0.05) is 31.9 Å². The quantitative estimate of drug-likeness (QED) is 0.257. The van der Waals surface area contributed by atoms with Gasteiger partial charge in [0.05, 0.1) is 28.2 Å². The molecule has 264 valence electrons. The second-order valence-electron chi connectivity index (χ2n) is 12.2. The summed E-state index contributed by atoms with van der Waals surface area (Å²) in [6, 6.07) is 1.60. The molecule has 2 N–H and O–H groups in total. The van der Waals surface area contributed by atoms with Crippen molar-refractivity contribution in [2.45, 2.75) is 64.8 Å². The van der Waals surface area contributed by atoms with Crippen LogP contribution < -0.4 is 20.4 Å². The number of aromatic hydroxyl groups is 1. The molecule has 2 fully saturated rings. The number of amides is 2. The molecule has 4 heterocycles. The summed E-state index contributed by atoms with van der Waals surface area (Å²) in [6.45, 7) is 5.82. The fourth-order valence-electron chi connectivity index (χ4n) is 6.03. The molecule has 1 saturated carbocycles. The van der Waals surface area contributed by atoms with Crippen molar-refractivity contribution >= 4 is 46.0 Å². The van der Waals surface area contributed by atoms with Gasteiger partial charge in [0.2, 0.25) is 17.2 Å². The average molecular weight is 715 g/mol. The maximum absolute atomic E-state index is 14.3. The van der Waals surface area contributed by atoms with E-state index in [1.165, 1.54) is 17.4 Å². The molecule has 17 heteroatoms. The van der Waals surface area contributed by atoms with E-state index < -0.39 is 35.0 Å². The Morgan fingerprint density at radius 3 is 2.48 bits per heavy atom. The van der Waals surface area contributed by atoms with E-state index in [1.54, 1.807) is 18.4 Å². The normalized spacial score (nSPS) is 15.9. The Morgan fingerprint density at radius 2 is 1.86 bits per heavy atom. The maximum atomic E-state index is 14.3. The highest BCUT2D eigenvalue weighted by Crippen LogP contribution is 2.35. The van der Waals surface area contributed by atoms with Crippen molar-refractivity contribution in [2.75, 3.05) is 36.4 Å². The number of carbonyl (C=O) groups excluding carboxylic acids is 2. The van der Waals surface area contributed by atoms with Crippen LogP contribution in [-0.4, -0.2) is 78.6 Å². The number of alkyl halides is 3. The Hall–Kier alpha value is -4.99. The molecule has 0 spiro atoms. The lowest BCUT2D eigenvalue weighted by molar-refractivity contribution is -0.137. The van der Waals surface area contributed by atoms with E-state index in [2.05, 4.69) is 25.3 Å². The summed E-state index contributed by atoms with van der Waals surface area (Å²) in [4.78, 5) is 61.6. The Labute approximate surface area is 289 Å². The van der Waals surface area contributed by atoms with Gasteiger partial charge >= 0.3 is 6.18 Å². The SMILES string of the molecule is CCc1c(N2CCN(C(=O)c3ncnc(C)c3O)CC2)c(=O)c2nc(OC3CCC3)cnc2n1C(C)C(=O)Nc1ccc(C(F)(F)F)cc1Cl. The molecule has 1 atom stereocenters. The molecule has 1 aliphatic carbocycles. The molecular formula is C33H34ClF3N8O5. The number of piperazine rings is 1. The predicted molar refractivity (Wildman–Crippen MR) is 178 cm³/mol. The first-order chi connectivity index (χ1) is 23.8. The van der Waals surface area contributed by atoms with Crippen molar-refractivity contribution in [3.63, 3.8) is 0 Å². The number of halogens is 4. The van der Waals surface area contributed by atoms with Crippen LogP contribution in [0, 0.1) is 6.92 Å². The van der Waals surface area contributed by atoms with Crippen molar-refractivity contribution < 1.29 is 32.6 Å². The number of nitrogens with one attached hydrogen (secondary N) is 1. The number of anilines is 2. The number of nitrogens with zero attached hydrogens (tertiary/aromatic N) is 7. The van der Waals surface area contributed by atoms with E-state index in [-0.39, 0.29) is 89.3 Å². The van der Waals surface area contributed by atoms with E-state index in [1.807, 2.05) is 11.8 Å². The van der Waals surface area contributed by atoms with Gasteiger partial charge in [0.25, 0.3) is 5.91 Å². The Bertz CT molecular complexity index is 2030. The molecule has 3 aromatic heterocycles. The van der Waals surface area contributed by atoms with E-state index in [4.69, 9.17) is 16.3 Å². The minimum Gasteiger partial charge on any atom is -0.504 e. The maximum Gasteiger partial charge on any atom is 0.416 e. The summed E-state index contributed by atoms with van der Waals surface area (Å²) < 4.78 is 47.2. The third-order valence-corrected chi connectivity index (χ3v) is 9.35. The van der Waals surface area contributed by atoms with Gasteiger partial charge in [0.15, 0.2) is 22.6 Å². The average Bonchev–Trinajstić information content (AvgIpc) is 3.07. The van der Waals surface area contributed by atoms with E-state index >= 15 is 0 Å². The topological polar surface area (TPSA) is 156 Å². The van der Waals surface area contributed by atoms with Crippen LogP contribution in [0.4, 0.5) is 24.5 Å². The minimum atomic E-state index is -4.61. The minimum absolute atomic E-state index is 0.0203. The van der Waals surface area contributed by atoms with Crippen LogP contribution in [0.1, 0.15) is 66.6 Å². The van der Waals surface area contributed by atoms with Gasteiger partial charge in [-0.1, -0.05) is 18.5 Å². The molecule has 1 unspecified atom stereocenters. The van der Waals surface area contributed by atoms with Gasteiger partial charge in [-0.25, -0.2) is 19.9 Å². The summed E-state index contributed by atoms with van der Waals surface area (Å²) in [5.41, 5.74) is -0.414. The highest BCUT2D eigenvalue weighted by molar-refractivity contribution is 6.33. The van der Waals surface area contributed by atoms with Crippen LogP contribution >= 0.6 is 11.6 Å². The van der Waals surface area contributed by atoms with Gasteiger partial charge in [-0.2, -0.15) is 13.2 Å². The summed E-state index contributed by atoms with van der Waals surface area (Å²) in [6.07, 6.45) is 0.956. The standard InChI is InChI=1S/C33H34ClF3N8O5/c1-4-23-27(43-10-12-44(13-11-43)32(49)26-28(46)17(2)39-16-40-26)29(47)25-30(38-15-24(42-25)50-20-6-5-7-20)45(23)18(3)31(48)41-22-9-8-19(14-21(22)34)33(35,36)37/h8-9,14-16,18,20,46H,4-7,10-13H2,1-3H3,(H,41,48).